The van der Waals surface area contributed by atoms with Gasteiger partial charge in [0.15, 0.2) is 0 Å². The molecule has 1 aromatic carbocycles. The topological polar surface area (TPSA) is 127 Å². The van der Waals surface area contributed by atoms with Crippen LogP contribution in [-0.2, 0) is 14.9 Å². The molecule has 0 bridgehead atoms. The standard InChI is InChI=1S/C27H36ClN5O5S/c1-18-16-22(34)25-23(18)26(30-17-29-25)32-10-12-33(13-11-32)27(35)24(19-5-7-20(28)8-6-19)21-4-2-3-9-31(21)14-15-39(36,37)38/h5-8,17-18,21-22,24,34H,2-4,9-16H2,1H3,(H,36,37,38)/t18-,21+,22-,24+/m1/s1. The zero-order chi connectivity index (χ0) is 27.7. The highest BCUT2D eigenvalue weighted by Crippen LogP contribution is 2.43. The van der Waals surface area contributed by atoms with Crippen molar-refractivity contribution in [3.05, 3.63) is 52.4 Å². The quantitative estimate of drug-likeness (QED) is 0.477. The SMILES string of the molecule is C[C@@H]1C[C@@H](O)c2ncnc(N3CCN(C(=O)[C@@H](c4ccc(Cl)cc4)[C@@H]4CCCCN4CCS(=O)(=O)O)CC3)c21. The fourth-order valence-electron chi connectivity index (χ4n) is 6.39. The minimum absolute atomic E-state index is 0.0115. The monoisotopic (exact) mass is 577 g/mol. The molecule has 3 aliphatic rings. The summed E-state index contributed by atoms with van der Waals surface area (Å²) in [6.07, 6.45) is 4.20. The van der Waals surface area contributed by atoms with Crippen LogP contribution in [0, 0.1) is 0 Å². The van der Waals surface area contributed by atoms with Crippen molar-refractivity contribution in [1.82, 2.24) is 19.8 Å². The van der Waals surface area contributed by atoms with Gasteiger partial charge in [0.05, 0.1) is 23.5 Å². The van der Waals surface area contributed by atoms with Gasteiger partial charge < -0.3 is 14.9 Å². The zero-order valence-electron chi connectivity index (χ0n) is 22.1. The van der Waals surface area contributed by atoms with E-state index >= 15 is 0 Å². The lowest BCUT2D eigenvalue weighted by Crippen LogP contribution is -2.54. The summed E-state index contributed by atoms with van der Waals surface area (Å²) in [7, 11) is -4.11. The number of benzene rings is 1. The summed E-state index contributed by atoms with van der Waals surface area (Å²) < 4.78 is 32.4. The highest BCUT2D eigenvalue weighted by atomic mass is 35.5. The van der Waals surface area contributed by atoms with Crippen LogP contribution in [0.4, 0.5) is 5.82 Å². The van der Waals surface area contributed by atoms with Crippen LogP contribution in [-0.4, -0.2) is 94.8 Å². The molecule has 1 amide bonds. The minimum Gasteiger partial charge on any atom is -0.387 e. The second-order valence-corrected chi connectivity index (χ2v) is 12.9. The number of piperazine rings is 1. The number of aromatic nitrogens is 2. The summed E-state index contributed by atoms with van der Waals surface area (Å²) in [6, 6.07) is 7.15. The van der Waals surface area contributed by atoms with Crippen molar-refractivity contribution < 1.29 is 22.9 Å². The molecule has 39 heavy (non-hydrogen) atoms. The number of nitrogens with zero attached hydrogens (tertiary/aromatic N) is 5. The van der Waals surface area contributed by atoms with E-state index in [-0.39, 0.29) is 30.2 Å². The Morgan fingerprint density at radius 1 is 1.10 bits per heavy atom. The largest absolute Gasteiger partial charge is 0.387 e. The van der Waals surface area contributed by atoms with Crippen molar-refractivity contribution in [2.45, 2.75) is 56.6 Å². The van der Waals surface area contributed by atoms with Gasteiger partial charge in [-0.1, -0.05) is 37.1 Å². The maximum atomic E-state index is 14.2. The van der Waals surface area contributed by atoms with Crippen LogP contribution < -0.4 is 4.90 Å². The van der Waals surface area contributed by atoms with Crippen molar-refractivity contribution in [3.63, 3.8) is 0 Å². The fraction of sp³-hybridized carbons (Fsp3) is 0.593. The van der Waals surface area contributed by atoms with Crippen LogP contribution in [0.2, 0.25) is 5.02 Å². The van der Waals surface area contributed by atoms with Crippen molar-refractivity contribution >= 4 is 33.4 Å². The van der Waals surface area contributed by atoms with Crippen LogP contribution in [0.5, 0.6) is 0 Å². The number of aliphatic hydroxyl groups is 1. The van der Waals surface area contributed by atoms with Crippen molar-refractivity contribution in [2.75, 3.05) is 49.9 Å². The predicted octanol–water partition coefficient (Wildman–Crippen LogP) is 2.85. The van der Waals surface area contributed by atoms with Crippen LogP contribution in [0.25, 0.3) is 0 Å². The zero-order valence-corrected chi connectivity index (χ0v) is 23.7. The Labute approximate surface area is 234 Å². The van der Waals surface area contributed by atoms with Gasteiger partial charge in [-0.25, -0.2) is 9.97 Å². The molecular weight excluding hydrogens is 542 g/mol. The van der Waals surface area contributed by atoms with Crippen LogP contribution >= 0.6 is 11.6 Å². The molecule has 2 aromatic rings. The molecule has 5 rings (SSSR count). The fourth-order valence-corrected chi connectivity index (χ4v) is 6.98. The lowest BCUT2D eigenvalue weighted by molar-refractivity contribution is -0.135. The van der Waals surface area contributed by atoms with E-state index in [0.717, 1.165) is 36.2 Å². The molecule has 1 aromatic heterocycles. The Hall–Kier alpha value is -2.31. The number of amides is 1. The highest BCUT2D eigenvalue weighted by molar-refractivity contribution is 7.85. The lowest BCUT2D eigenvalue weighted by atomic mass is 9.84. The van der Waals surface area contributed by atoms with Crippen molar-refractivity contribution in [3.8, 4) is 0 Å². The molecule has 10 nitrogen and oxygen atoms in total. The number of likely N-dealkylation sites (tertiary alicyclic amines) is 1. The maximum absolute atomic E-state index is 14.2. The molecular formula is C27H36ClN5O5S. The number of aliphatic hydroxyl groups excluding tert-OH is 1. The number of piperidine rings is 1. The van der Waals surface area contributed by atoms with Gasteiger partial charge in [0.25, 0.3) is 10.1 Å². The van der Waals surface area contributed by atoms with Crippen molar-refractivity contribution in [1.29, 1.82) is 0 Å². The van der Waals surface area contributed by atoms with Crippen molar-refractivity contribution in [2.24, 2.45) is 0 Å². The van der Waals surface area contributed by atoms with E-state index in [4.69, 9.17) is 11.6 Å². The molecule has 0 saturated carbocycles. The first kappa shape index (κ1) is 28.2. The molecule has 2 N–H and O–H groups in total. The van der Waals surface area contributed by atoms with Crippen LogP contribution in [0.15, 0.2) is 30.6 Å². The molecule has 0 unspecified atom stereocenters. The van der Waals surface area contributed by atoms with E-state index in [1.165, 1.54) is 6.33 Å². The summed E-state index contributed by atoms with van der Waals surface area (Å²) in [6.45, 7) is 5.21. The van der Waals surface area contributed by atoms with Gasteiger partial charge >= 0.3 is 0 Å². The van der Waals surface area contributed by atoms with Gasteiger partial charge in [0, 0.05) is 49.4 Å². The Kier molecular flexibility index (Phi) is 8.44. The molecule has 2 saturated heterocycles. The third-order valence-electron chi connectivity index (χ3n) is 8.35. The number of carbonyl (C=O) groups is 1. The molecule has 1 aliphatic carbocycles. The molecule has 12 heteroatoms. The third kappa shape index (κ3) is 6.22. The third-order valence-corrected chi connectivity index (χ3v) is 9.30. The normalized spacial score (nSPS) is 25.0. The smallest absolute Gasteiger partial charge is 0.266 e. The van der Waals surface area contributed by atoms with Gasteiger partial charge in [-0.3, -0.25) is 14.2 Å². The first-order valence-corrected chi connectivity index (χ1v) is 15.6. The van der Waals surface area contributed by atoms with Gasteiger partial charge in [0.1, 0.15) is 12.1 Å². The van der Waals surface area contributed by atoms with Gasteiger partial charge in [0.2, 0.25) is 5.91 Å². The summed E-state index contributed by atoms with van der Waals surface area (Å²) in [5, 5.41) is 11.0. The summed E-state index contributed by atoms with van der Waals surface area (Å²) in [5.41, 5.74) is 2.56. The molecule has 0 radical (unpaired) electrons. The summed E-state index contributed by atoms with van der Waals surface area (Å²) >= 11 is 6.16. The summed E-state index contributed by atoms with van der Waals surface area (Å²) in [5.74, 6) is 0.181. The van der Waals surface area contributed by atoms with E-state index in [0.29, 0.717) is 49.9 Å². The molecule has 2 aliphatic heterocycles. The number of hydrogen-bond donors (Lipinski definition) is 2. The van der Waals surface area contributed by atoms with E-state index in [1.54, 1.807) is 12.1 Å². The number of fused-ring (bicyclic) bond motifs is 1. The Morgan fingerprint density at radius 2 is 1.82 bits per heavy atom. The van der Waals surface area contributed by atoms with E-state index in [2.05, 4.69) is 21.8 Å². The highest BCUT2D eigenvalue weighted by Gasteiger charge is 2.39. The molecule has 3 heterocycles. The molecule has 2 fully saturated rings. The number of hydrogen-bond acceptors (Lipinski definition) is 8. The molecule has 212 valence electrons. The predicted molar refractivity (Wildman–Crippen MR) is 149 cm³/mol. The second kappa shape index (κ2) is 11.7. The number of carbonyl (C=O) groups excluding carboxylic acids is 1. The summed E-state index contributed by atoms with van der Waals surface area (Å²) in [4.78, 5) is 29.2. The average molecular weight is 578 g/mol. The second-order valence-electron chi connectivity index (χ2n) is 10.9. The number of halogens is 1. The van der Waals surface area contributed by atoms with Crippen LogP contribution in [0.3, 0.4) is 0 Å². The molecule has 4 atom stereocenters. The van der Waals surface area contributed by atoms with E-state index < -0.39 is 22.1 Å². The van der Waals surface area contributed by atoms with Gasteiger partial charge in [-0.15, -0.1) is 0 Å². The lowest BCUT2D eigenvalue weighted by Gasteiger charge is -2.43. The number of rotatable bonds is 7. The molecule has 0 spiro atoms. The number of anilines is 1. The Balaban J connectivity index is 1.36. The first-order valence-electron chi connectivity index (χ1n) is 13.6. The van der Waals surface area contributed by atoms with Gasteiger partial charge in [-0.2, -0.15) is 8.42 Å². The Bertz CT molecular complexity index is 1290. The van der Waals surface area contributed by atoms with Gasteiger partial charge in [-0.05, 0) is 49.4 Å². The average Bonchev–Trinajstić information content (AvgIpc) is 3.22. The maximum Gasteiger partial charge on any atom is 0.266 e. The van der Waals surface area contributed by atoms with Crippen LogP contribution in [0.1, 0.15) is 67.4 Å². The van der Waals surface area contributed by atoms with E-state index in [1.807, 2.05) is 21.9 Å². The van der Waals surface area contributed by atoms with E-state index in [9.17, 15) is 22.9 Å². The Morgan fingerprint density at radius 3 is 2.51 bits per heavy atom. The minimum atomic E-state index is -4.11. The first-order chi connectivity index (χ1) is 18.6.